The SMILES string of the molecule is CNC(CSc1ccccc1C)c1cncnc1. The lowest BCUT2D eigenvalue weighted by molar-refractivity contribution is 0.655. The highest BCUT2D eigenvalue weighted by Gasteiger charge is 2.10. The average Bonchev–Trinajstić information content (AvgIpc) is 2.42. The molecule has 1 unspecified atom stereocenters. The van der Waals surface area contributed by atoms with E-state index in [0.717, 1.165) is 11.3 Å². The van der Waals surface area contributed by atoms with Crippen molar-refractivity contribution in [1.29, 1.82) is 0 Å². The van der Waals surface area contributed by atoms with Crippen molar-refractivity contribution in [1.82, 2.24) is 15.3 Å². The Morgan fingerprint density at radius 2 is 1.94 bits per heavy atom. The zero-order valence-electron chi connectivity index (χ0n) is 10.6. The van der Waals surface area contributed by atoms with Gasteiger partial charge in [0.15, 0.2) is 0 Å². The lowest BCUT2D eigenvalue weighted by Gasteiger charge is -2.15. The molecule has 3 nitrogen and oxygen atoms in total. The van der Waals surface area contributed by atoms with Gasteiger partial charge in [-0.1, -0.05) is 18.2 Å². The lowest BCUT2D eigenvalue weighted by Crippen LogP contribution is -2.19. The first-order chi connectivity index (χ1) is 8.81. The molecule has 0 aliphatic rings. The third-order valence-electron chi connectivity index (χ3n) is 2.83. The van der Waals surface area contributed by atoms with Crippen LogP contribution in [0.3, 0.4) is 0 Å². The maximum absolute atomic E-state index is 4.07. The predicted octanol–water partition coefficient (Wildman–Crippen LogP) is 2.84. The van der Waals surface area contributed by atoms with Crippen LogP contribution in [-0.2, 0) is 0 Å². The molecule has 0 bridgehead atoms. The molecule has 1 atom stereocenters. The van der Waals surface area contributed by atoms with E-state index in [1.54, 1.807) is 6.33 Å². The number of nitrogens with zero attached hydrogens (tertiary/aromatic N) is 2. The van der Waals surface area contributed by atoms with Crippen LogP contribution < -0.4 is 5.32 Å². The first kappa shape index (κ1) is 13.1. The highest BCUT2D eigenvalue weighted by molar-refractivity contribution is 7.99. The molecule has 0 saturated heterocycles. The minimum Gasteiger partial charge on any atom is -0.312 e. The van der Waals surface area contributed by atoms with Crippen LogP contribution in [0.1, 0.15) is 17.2 Å². The standard InChI is InChI=1S/C14H17N3S/c1-11-5-3-4-6-14(11)18-9-13(15-2)12-7-16-10-17-8-12/h3-8,10,13,15H,9H2,1-2H3. The third kappa shape index (κ3) is 3.31. The fourth-order valence-electron chi connectivity index (χ4n) is 1.73. The summed E-state index contributed by atoms with van der Waals surface area (Å²) in [7, 11) is 1.97. The second kappa shape index (κ2) is 6.52. The summed E-state index contributed by atoms with van der Waals surface area (Å²) in [4.78, 5) is 9.46. The summed E-state index contributed by atoms with van der Waals surface area (Å²) < 4.78 is 0. The molecular weight excluding hydrogens is 242 g/mol. The van der Waals surface area contributed by atoms with Gasteiger partial charge in [-0.2, -0.15) is 0 Å². The van der Waals surface area contributed by atoms with E-state index in [4.69, 9.17) is 0 Å². The van der Waals surface area contributed by atoms with Crippen molar-refractivity contribution in [2.45, 2.75) is 17.9 Å². The maximum atomic E-state index is 4.07. The highest BCUT2D eigenvalue weighted by Crippen LogP contribution is 2.26. The van der Waals surface area contributed by atoms with E-state index >= 15 is 0 Å². The van der Waals surface area contributed by atoms with E-state index in [0.29, 0.717) is 0 Å². The van der Waals surface area contributed by atoms with E-state index < -0.39 is 0 Å². The average molecular weight is 259 g/mol. The lowest BCUT2D eigenvalue weighted by atomic mass is 10.2. The van der Waals surface area contributed by atoms with Gasteiger partial charge in [-0.05, 0) is 25.6 Å². The number of thioether (sulfide) groups is 1. The molecule has 0 fully saturated rings. The van der Waals surface area contributed by atoms with Crippen LogP contribution in [0.25, 0.3) is 0 Å². The Bertz CT molecular complexity index is 487. The molecule has 4 heteroatoms. The quantitative estimate of drug-likeness (QED) is 0.838. The van der Waals surface area contributed by atoms with E-state index in [1.165, 1.54) is 10.5 Å². The first-order valence-electron chi connectivity index (χ1n) is 5.92. The van der Waals surface area contributed by atoms with Crippen LogP contribution in [0.5, 0.6) is 0 Å². The number of nitrogens with one attached hydrogen (secondary N) is 1. The second-order valence-electron chi connectivity index (χ2n) is 4.09. The van der Waals surface area contributed by atoms with Gasteiger partial charge in [0.25, 0.3) is 0 Å². The summed E-state index contributed by atoms with van der Waals surface area (Å²) in [6.45, 7) is 2.14. The molecule has 1 heterocycles. The van der Waals surface area contributed by atoms with Gasteiger partial charge in [0.05, 0.1) is 0 Å². The predicted molar refractivity (Wildman–Crippen MR) is 75.7 cm³/mol. The normalized spacial score (nSPS) is 12.3. The zero-order valence-corrected chi connectivity index (χ0v) is 11.4. The van der Waals surface area contributed by atoms with Crippen molar-refractivity contribution < 1.29 is 0 Å². The number of aromatic nitrogens is 2. The number of aryl methyl sites for hydroxylation is 1. The minimum absolute atomic E-state index is 0.274. The Kier molecular flexibility index (Phi) is 4.73. The van der Waals surface area contributed by atoms with E-state index in [9.17, 15) is 0 Å². The number of rotatable bonds is 5. The van der Waals surface area contributed by atoms with Crippen molar-refractivity contribution in [3.63, 3.8) is 0 Å². The van der Waals surface area contributed by atoms with Crippen molar-refractivity contribution in [2.75, 3.05) is 12.8 Å². The third-order valence-corrected chi connectivity index (χ3v) is 4.10. The largest absolute Gasteiger partial charge is 0.312 e. The zero-order chi connectivity index (χ0) is 12.8. The molecule has 1 aromatic carbocycles. The van der Waals surface area contributed by atoms with Crippen molar-refractivity contribution in [2.24, 2.45) is 0 Å². The molecule has 1 N–H and O–H groups in total. The van der Waals surface area contributed by atoms with Crippen LogP contribution in [0, 0.1) is 6.92 Å². The molecule has 1 aromatic heterocycles. The molecule has 0 saturated carbocycles. The Hall–Kier alpha value is -1.39. The van der Waals surface area contributed by atoms with Gasteiger partial charge in [-0.15, -0.1) is 11.8 Å². The Morgan fingerprint density at radius 3 is 2.61 bits per heavy atom. The first-order valence-corrected chi connectivity index (χ1v) is 6.90. The minimum atomic E-state index is 0.274. The molecule has 2 rings (SSSR count). The van der Waals surface area contributed by atoms with Crippen molar-refractivity contribution in [3.05, 3.63) is 54.1 Å². The van der Waals surface area contributed by atoms with E-state index in [1.807, 2.05) is 31.2 Å². The molecular formula is C14H17N3S. The molecule has 0 amide bonds. The molecule has 0 aliphatic heterocycles. The van der Waals surface area contributed by atoms with E-state index in [-0.39, 0.29) is 6.04 Å². The fraction of sp³-hybridized carbons (Fsp3) is 0.286. The van der Waals surface area contributed by atoms with Crippen LogP contribution >= 0.6 is 11.8 Å². The van der Waals surface area contributed by atoms with Crippen LogP contribution in [0.2, 0.25) is 0 Å². The van der Waals surface area contributed by atoms with Crippen LogP contribution in [-0.4, -0.2) is 22.8 Å². The topological polar surface area (TPSA) is 37.8 Å². The van der Waals surface area contributed by atoms with Gasteiger partial charge in [-0.3, -0.25) is 0 Å². The molecule has 0 aliphatic carbocycles. The summed E-state index contributed by atoms with van der Waals surface area (Å²) in [6, 6.07) is 8.72. The summed E-state index contributed by atoms with van der Waals surface area (Å²) in [5.74, 6) is 0.967. The monoisotopic (exact) mass is 259 g/mol. The van der Waals surface area contributed by atoms with Gasteiger partial charge in [-0.25, -0.2) is 9.97 Å². The van der Waals surface area contributed by atoms with E-state index in [2.05, 4.69) is 46.5 Å². The molecule has 94 valence electrons. The summed E-state index contributed by atoms with van der Waals surface area (Å²) in [5.41, 5.74) is 2.45. The molecule has 0 spiro atoms. The Morgan fingerprint density at radius 1 is 1.22 bits per heavy atom. The fourth-order valence-corrected chi connectivity index (χ4v) is 2.90. The number of benzene rings is 1. The molecule has 2 aromatic rings. The Balaban J connectivity index is 2.02. The summed E-state index contributed by atoms with van der Waals surface area (Å²) in [6.07, 6.45) is 5.30. The van der Waals surface area contributed by atoms with Gasteiger partial charge in [0.1, 0.15) is 6.33 Å². The van der Waals surface area contributed by atoms with Gasteiger partial charge in [0.2, 0.25) is 0 Å². The van der Waals surface area contributed by atoms with Crippen LogP contribution in [0.4, 0.5) is 0 Å². The number of hydrogen-bond acceptors (Lipinski definition) is 4. The van der Waals surface area contributed by atoms with Crippen molar-refractivity contribution in [3.8, 4) is 0 Å². The molecule has 0 radical (unpaired) electrons. The highest BCUT2D eigenvalue weighted by atomic mass is 32.2. The molecule has 18 heavy (non-hydrogen) atoms. The van der Waals surface area contributed by atoms with Gasteiger partial charge >= 0.3 is 0 Å². The Labute approximate surface area is 112 Å². The van der Waals surface area contributed by atoms with Gasteiger partial charge < -0.3 is 5.32 Å². The smallest absolute Gasteiger partial charge is 0.115 e. The van der Waals surface area contributed by atoms with Gasteiger partial charge in [0, 0.05) is 34.6 Å². The van der Waals surface area contributed by atoms with Crippen LogP contribution in [0.15, 0.2) is 47.9 Å². The van der Waals surface area contributed by atoms with Crippen molar-refractivity contribution >= 4 is 11.8 Å². The summed E-state index contributed by atoms with van der Waals surface area (Å²) >= 11 is 1.86. The summed E-state index contributed by atoms with van der Waals surface area (Å²) in [5, 5.41) is 3.31. The number of hydrogen-bond donors (Lipinski definition) is 1. The second-order valence-corrected chi connectivity index (χ2v) is 5.15. The maximum Gasteiger partial charge on any atom is 0.115 e.